The van der Waals surface area contributed by atoms with Crippen LogP contribution >= 0.6 is 0 Å². The normalized spacial score (nSPS) is 14.3. The number of aliphatic hydroxyl groups is 2. The van der Waals surface area contributed by atoms with Gasteiger partial charge in [0.25, 0.3) is 8.32 Å². The molecule has 0 aliphatic rings. The van der Waals surface area contributed by atoms with Crippen LogP contribution in [0, 0.1) is 5.41 Å². The summed E-state index contributed by atoms with van der Waals surface area (Å²) in [5.41, 5.74) is 1.72. The van der Waals surface area contributed by atoms with Gasteiger partial charge in [-0.2, -0.15) is 0 Å². The highest BCUT2D eigenvalue weighted by atomic mass is 28.4. The number of aliphatic hydroxyl groups excluding tert-OH is 2. The van der Waals surface area contributed by atoms with E-state index in [4.69, 9.17) is 18.6 Å². The van der Waals surface area contributed by atoms with E-state index < -0.39 is 25.9 Å². The molecule has 0 saturated heterocycles. The van der Waals surface area contributed by atoms with Crippen LogP contribution in [0.3, 0.4) is 0 Å². The van der Waals surface area contributed by atoms with Crippen molar-refractivity contribution >= 4 is 18.7 Å². The molecule has 3 atom stereocenters. The molecular formula is C42H56O6Si. The third kappa shape index (κ3) is 10.8. The van der Waals surface area contributed by atoms with Gasteiger partial charge in [0, 0.05) is 18.4 Å². The number of rotatable bonds is 19. The summed E-state index contributed by atoms with van der Waals surface area (Å²) in [6.07, 6.45) is -0.800. The lowest BCUT2D eigenvalue weighted by molar-refractivity contribution is -0.0962. The summed E-state index contributed by atoms with van der Waals surface area (Å²) >= 11 is 0. The maximum absolute atomic E-state index is 11.3. The average Bonchev–Trinajstić information content (AvgIpc) is 3.09. The summed E-state index contributed by atoms with van der Waals surface area (Å²) in [5, 5.41) is 24.8. The van der Waals surface area contributed by atoms with E-state index in [1.807, 2.05) is 66.7 Å². The maximum Gasteiger partial charge on any atom is 0.261 e. The third-order valence-electron chi connectivity index (χ3n) is 9.28. The van der Waals surface area contributed by atoms with Gasteiger partial charge in [0.2, 0.25) is 0 Å². The first-order valence-corrected chi connectivity index (χ1v) is 19.3. The van der Waals surface area contributed by atoms with E-state index >= 15 is 0 Å². The lowest BCUT2D eigenvalue weighted by Crippen LogP contribution is -2.66. The van der Waals surface area contributed by atoms with Gasteiger partial charge >= 0.3 is 0 Å². The van der Waals surface area contributed by atoms with Crippen molar-refractivity contribution in [2.24, 2.45) is 5.41 Å². The minimum absolute atomic E-state index is 0.150. The van der Waals surface area contributed by atoms with Crippen molar-refractivity contribution in [2.75, 3.05) is 20.3 Å². The first kappa shape index (κ1) is 38.5. The van der Waals surface area contributed by atoms with Gasteiger partial charge < -0.3 is 28.8 Å². The molecule has 0 radical (unpaired) electrons. The molecule has 0 aliphatic carbocycles. The Bertz CT molecular complexity index is 1450. The van der Waals surface area contributed by atoms with Crippen LogP contribution in [-0.2, 0) is 27.1 Å². The lowest BCUT2D eigenvalue weighted by atomic mass is 9.83. The number of hydrogen-bond acceptors (Lipinski definition) is 6. The van der Waals surface area contributed by atoms with Gasteiger partial charge in [0.05, 0.1) is 45.2 Å². The standard InChI is InChI=1S/C42H56O6Si/c1-41(2,3)49(38-18-12-8-13-19-38,39-20-14-9-15-21-39)48-27-26-35(43)28-36(44)29-40(47-31-34-22-24-37(45-6)25-23-34)42(4,5)32-46-30-33-16-10-7-11-17-33/h7-25,35-36,40,43-44H,26-32H2,1-6H3/t35-,36+,40-/m0/s1. The minimum atomic E-state index is -2.71. The monoisotopic (exact) mass is 684 g/mol. The zero-order valence-corrected chi connectivity index (χ0v) is 31.2. The molecule has 264 valence electrons. The minimum Gasteiger partial charge on any atom is -0.497 e. The molecule has 0 saturated carbocycles. The van der Waals surface area contributed by atoms with Crippen LogP contribution in [0.5, 0.6) is 5.75 Å². The summed E-state index contributed by atoms with van der Waals surface area (Å²) < 4.78 is 24.9. The van der Waals surface area contributed by atoms with Gasteiger partial charge in [0.1, 0.15) is 5.75 Å². The van der Waals surface area contributed by atoms with Crippen molar-refractivity contribution in [1.82, 2.24) is 0 Å². The molecule has 0 heterocycles. The van der Waals surface area contributed by atoms with E-state index in [1.54, 1.807) is 7.11 Å². The van der Waals surface area contributed by atoms with Crippen molar-refractivity contribution in [3.63, 3.8) is 0 Å². The summed E-state index contributed by atoms with van der Waals surface area (Å²) in [6, 6.07) is 38.9. The van der Waals surface area contributed by atoms with Crippen LogP contribution < -0.4 is 15.1 Å². The molecular weight excluding hydrogens is 629 g/mol. The Morgan fingerprint density at radius 2 is 1.16 bits per heavy atom. The number of benzene rings is 4. The number of hydrogen-bond donors (Lipinski definition) is 2. The van der Waals surface area contributed by atoms with E-state index in [9.17, 15) is 10.2 Å². The van der Waals surface area contributed by atoms with E-state index in [1.165, 1.54) is 10.4 Å². The smallest absolute Gasteiger partial charge is 0.261 e. The fourth-order valence-electron chi connectivity index (χ4n) is 6.52. The van der Waals surface area contributed by atoms with E-state index in [-0.39, 0.29) is 17.6 Å². The second-order valence-electron chi connectivity index (χ2n) is 14.7. The highest BCUT2D eigenvalue weighted by molar-refractivity contribution is 6.99. The Kier molecular flexibility index (Phi) is 14.2. The fraction of sp³-hybridized carbons (Fsp3) is 0.429. The van der Waals surface area contributed by atoms with Gasteiger partial charge in [-0.25, -0.2) is 0 Å². The molecule has 0 aromatic heterocycles. The Balaban J connectivity index is 1.41. The SMILES string of the molecule is COc1ccc(CO[C@@H](C[C@H](O)C[C@@H](O)CCO[Si](c2ccccc2)(c2ccccc2)C(C)(C)C)C(C)(C)COCc2ccccc2)cc1. The molecule has 4 rings (SSSR count). The average molecular weight is 685 g/mol. The number of ether oxygens (including phenoxy) is 3. The largest absolute Gasteiger partial charge is 0.497 e. The summed E-state index contributed by atoms with van der Waals surface area (Å²) in [6.45, 7) is 12.7. The van der Waals surface area contributed by atoms with Gasteiger partial charge in [-0.05, 0) is 51.5 Å². The Labute approximate surface area is 295 Å². The van der Waals surface area contributed by atoms with Crippen LogP contribution in [0.2, 0.25) is 5.04 Å². The van der Waals surface area contributed by atoms with E-state index in [2.05, 4.69) is 83.1 Å². The molecule has 4 aromatic rings. The van der Waals surface area contributed by atoms with Gasteiger partial charge in [0.15, 0.2) is 0 Å². The molecule has 6 nitrogen and oxygen atoms in total. The summed E-state index contributed by atoms with van der Waals surface area (Å²) in [5.74, 6) is 0.790. The van der Waals surface area contributed by atoms with E-state index in [0.717, 1.165) is 16.9 Å². The van der Waals surface area contributed by atoms with Gasteiger partial charge in [-0.1, -0.05) is 138 Å². The fourth-order valence-corrected chi connectivity index (χ4v) is 11.1. The molecule has 2 N–H and O–H groups in total. The number of methoxy groups -OCH3 is 1. The summed E-state index contributed by atoms with van der Waals surface area (Å²) in [7, 11) is -1.06. The zero-order valence-electron chi connectivity index (χ0n) is 30.2. The predicted octanol–water partition coefficient (Wildman–Crippen LogP) is 7.29. The van der Waals surface area contributed by atoms with Crippen molar-refractivity contribution in [1.29, 1.82) is 0 Å². The van der Waals surface area contributed by atoms with Crippen molar-refractivity contribution in [3.8, 4) is 5.75 Å². The predicted molar refractivity (Wildman–Crippen MR) is 201 cm³/mol. The Morgan fingerprint density at radius 3 is 1.69 bits per heavy atom. The highest BCUT2D eigenvalue weighted by Crippen LogP contribution is 2.37. The van der Waals surface area contributed by atoms with E-state index in [0.29, 0.717) is 39.3 Å². The van der Waals surface area contributed by atoms with Crippen LogP contribution in [0.25, 0.3) is 0 Å². The summed E-state index contributed by atoms with van der Waals surface area (Å²) in [4.78, 5) is 0. The molecule has 0 spiro atoms. The Hall–Kier alpha value is -3.30. The first-order valence-electron chi connectivity index (χ1n) is 17.4. The van der Waals surface area contributed by atoms with Crippen LogP contribution in [0.4, 0.5) is 0 Å². The molecule has 7 heteroatoms. The first-order chi connectivity index (χ1) is 23.4. The van der Waals surface area contributed by atoms with Gasteiger partial charge in [-0.15, -0.1) is 0 Å². The van der Waals surface area contributed by atoms with Crippen molar-refractivity contribution in [2.45, 2.75) is 90.4 Å². The quantitative estimate of drug-likeness (QED) is 0.101. The molecule has 49 heavy (non-hydrogen) atoms. The van der Waals surface area contributed by atoms with Crippen LogP contribution in [0.1, 0.15) is 65.0 Å². The topological polar surface area (TPSA) is 77.4 Å². The second-order valence-corrected chi connectivity index (χ2v) is 19.0. The van der Waals surface area contributed by atoms with Crippen LogP contribution in [-0.4, -0.2) is 57.2 Å². The lowest BCUT2D eigenvalue weighted by Gasteiger charge is -2.43. The molecule has 4 aromatic carbocycles. The molecule has 0 unspecified atom stereocenters. The Morgan fingerprint density at radius 1 is 0.633 bits per heavy atom. The molecule has 0 bridgehead atoms. The van der Waals surface area contributed by atoms with Crippen molar-refractivity contribution in [3.05, 3.63) is 126 Å². The van der Waals surface area contributed by atoms with Gasteiger partial charge in [-0.3, -0.25) is 0 Å². The second kappa shape index (κ2) is 18.1. The molecule has 0 amide bonds. The molecule has 0 fully saturated rings. The van der Waals surface area contributed by atoms with Crippen molar-refractivity contribution < 1.29 is 28.8 Å². The maximum atomic E-state index is 11.3. The zero-order chi connectivity index (χ0) is 35.3. The highest BCUT2D eigenvalue weighted by Gasteiger charge is 2.50. The molecule has 0 aliphatic heterocycles. The third-order valence-corrected chi connectivity index (χ3v) is 14.3. The van der Waals surface area contributed by atoms with Crippen LogP contribution in [0.15, 0.2) is 115 Å².